The normalized spacial score (nSPS) is 11.6. The smallest absolute Gasteiger partial charge is 0.235 e. The Hall–Kier alpha value is -3.82. The van der Waals surface area contributed by atoms with E-state index < -0.39 is 10.0 Å². The number of benzene rings is 2. The van der Waals surface area contributed by atoms with E-state index in [0.29, 0.717) is 33.9 Å². The predicted molar refractivity (Wildman–Crippen MR) is 139 cm³/mol. The van der Waals surface area contributed by atoms with Gasteiger partial charge in [-0.05, 0) is 41.6 Å². The molecule has 3 aromatic heterocycles. The summed E-state index contributed by atoms with van der Waals surface area (Å²) in [7, 11) is -1.97. The maximum absolute atomic E-state index is 13.0. The average molecular weight is 503 g/mol. The van der Waals surface area contributed by atoms with Crippen LogP contribution in [0.25, 0.3) is 16.9 Å². The minimum Gasteiger partial charge on any atom is -0.287 e. The minimum atomic E-state index is -3.53. The lowest BCUT2D eigenvalue weighted by atomic mass is 10.1. The fourth-order valence-corrected chi connectivity index (χ4v) is 5.74. The molecule has 0 radical (unpaired) electrons. The van der Waals surface area contributed by atoms with Crippen molar-refractivity contribution in [3.63, 3.8) is 0 Å². The molecule has 0 aliphatic carbocycles. The number of ketones is 1. The number of nitrogens with zero attached hydrogens (tertiary/aromatic N) is 4. The van der Waals surface area contributed by atoms with E-state index in [4.69, 9.17) is 0 Å². The predicted octanol–water partition coefficient (Wildman–Crippen LogP) is 4.70. The van der Waals surface area contributed by atoms with E-state index in [2.05, 4.69) is 10.1 Å². The zero-order valence-electron chi connectivity index (χ0n) is 18.9. The van der Waals surface area contributed by atoms with Gasteiger partial charge in [0.1, 0.15) is 0 Å². The van der Waals surface area contributed by atoms with E-state index in [1.807, 2.05) is 47.8 Å². The first-order valence-corrected chi connectivity index (χ1v) is 13.4. The third-order valence-electron chi connectivity index (χ3n) is 5.81. The van der Waals surface area contributed by atoms with Gasteiger partial charge in [0.15, 0.2) is 5.65 Å². The Morgan fingerprint density at radius 2 is 1.86 bits per heavy atom. The highest BCUT2D eigenvalue weighted by molar-refractivity contribution is 7.92. The molecule has 2 aromatic carbocycles. The van der Waals surface area contributed by atoms with E-state index in [1.165, 1.54) is 21.8 Å². The first kappa shape index (κ1) is 22.9. The molecule has 5 rings (SSSR count). The topological polar surface area (TPSA) is 84.6 Å². The van der Waals surface area contributed by atoms with Crippen LogP contribution in [0.15, 0.2) is 90.6 Å². The molecule has 0 saturated heterocycles. The maximum Gasteiger partial charge on any atom is 0.235 e. The molecule has 0 aliphatic heterocycles. The molecule has 7 nitrogen and oxygen atoms in total. The van der Waals surface area contributed by atoms with Crippen LogP contribution in [-0.4, -0.2) is 41.6 Å². The lowest BCUT2D eigenvalue weighted by Gasteiger charge is -2.20. The van der Waals surface area contributed by atoms with Crippen molar-refractivity contribution in [2.24, 2.45) is 0 Å². The Kier molecular flexibility index (Phi) is 6.19. The van der Waals surface area contributed by atoms with Gasteiger partial charge in [0, 0.05) is 18.8 Å². The van der Waals surface area contributed by atoms with Crippen molar-refractivity contribution in [2.75, 3.05) is 17.1 Å². The highest BCUT2D eigenvalue weighted by atomic mass is 32.2. The standard InChI is InChI=1S/C26H22N4O3S2/c1-29(35(32,33)16-13-19-7-3-2-4-8-19)21-10-5-9-20(17-21)23-12-14-27-26-22(18-28-30(23)26)25(31)24-11-6-15-34-24/h2-12,14-15,17-18H,13,16H2,1H3. The molecule has 5 aromatic rings. The molecule has 0 fully saturated rings. The molecular formula is C26H22N4O3S2. The van der Waals surface area contributed by atoms with Crippen LogP contribution in [0.3, 0.4) is 0 Å². The molecule has 176 valence electrons. The first-order valence-electron chi connectivity index (χ1n) is 11.0. The van der Waals surface area contributed by atoms with Crippen molar-refractivity contribution in [3.05, 3.63) is 107 Å². The highest BCUT2D eigenvalue weighted by Gasteiger charge is 2.21. The summed E-state index contributed by atoms with van der Waals surface area (Å²) in [6.07, 6.45) is 3.59. The second kappa shape index (κ2) is 9.44. The Morgan fingerprint density at radius 3 is 2.63 bits per heavy atom. The lowest BCUT2D eigenvalue weighted by molar-refractivity contribution is 0.104. The van der Waals surface area contributed by atoms with Crippen LogP contribution < -0.4 is 4.31 Å². The molecule has 9 heteroatoms. The Morgan fingerprint density at radius 1 is 1.03 bits per heavy atom. The van der Waals surface area contributed by atoms with Crippen molar-refractivity contribution in [1.29, 1.82) is 0 Å². The number of hydrogen-bond acceptors (Lipinski definition) is 6. The van der Waals surface area contributed by atoms with Crippen LogP contribution in [-0.2, 0) is 16.4 Å². The maximum atomic E-state index is 13.0. The van der Waals surface area contributed by atoms with Crippen molar-refractivity contribution in [1.82, 2.24) is 14.6 Å². The SMILES string of the molecule is CN(c1cccc(-c2ccnc3c(C(=O)c4cccs4)cnn23)c1)S(=O)(=O)CCc1ccccc1. The summed E-state index contributed by atoms with van der Waals surface area (Å²) >= 11 is 1.37. The number of aromatic nitrogens is 3. The third kappa shape index (κ3) is 4.60. The number of carbonyl (C=O) groups excluding carboxylic acids is 1. The zero-order valence-corrected chi connectivity index (χ0v) is 20.5. The summed E-state index contributed by atoms with van der Waals surface area (Å²) in [5.41, 5.74) is 3.86. The average Bonchev–Trinajstić information content (AvgIpc) is 3.58. The van der Waals surface area contributed by atoms with Crippen molar-refractivity contribution >= 4 is 38.5 Å². The second-order valence-corrected chi connectivity index (χ2v) is 11.1. The number of anilines is 1. The van der Waals surface area contributed by atoms with Crippen LogP contribution in [0.4, 0.5) is 5.69 Å². The van der Waals surface area contributed by atoms with Gasteiger partial charge in [-0.2, -0.15) is 5.10 Å². The Labute approximate surface area is 207 Å². The summed E-state index contributed by atoms with van der Waals surface area (Å²) in [6.45, 7) is 0. The highest BCUT2D eigenvalue weighted by Crippen LogP contribution is 2.27. The summed E-state index contributed by atoms with van der Waals surface area (Å²) < 4.78 is 29.0. The fourth-order valence-electron chi connectivity index (χ4n) is 3.86. The van der Waals surface area contributed by atoms with Gasteiger partial charge in [0.05, 0.1) is 33.8 Å². The molecule has 35 heavy (non-hydrogen) atoms. The molecule has 3 heterocycles. The number of thiophene rings is 1. The molecule has 0 N–H and O–H groups in total. The first-order chi connectivity index (χ1) is 16.9. The molecule has 0 bridgehead atoms. The van der Waals surface area contributed by atoms with Gasteiger partial charge in [0.2, 0.25) is 15.8 Å². The quantitative estimate of drug-likeness (QED) is 0.287. The van der Waals surface area contributed by atoms with Gasteiger partial charge >= 0.3 is 0 Å². The number of sulfonamides is 1. The molecule has 0 atom stereocenters. The molecule has 0 saturated carbocycles. The van der Waals surface area contributed by atoms with Gasteiger partial charge in [-0.3, -0.25) is 9.10 Å². The molecule has 0 spiro atoms. The largest absolute Gasteiger partial charge is 0.287 e. The summed E-state index contributed by atoms with van der Waals surface area (Å²) in [6, 6.07) is 22.2. The minimum absolute atomic E-state index is 0.00455. The van der Waals surface area contributed by atoms with Crippen LogP contribution in [0.2, 0.25) is 0 Å². The number of rotatable bonds is 8. The van der Waals surface area contributed by atoms with Gasteiger partial charge < -0.3 is 0 Å². The van der Waals surface area contributed by atoms with Crippen LogP contribution in [0.5, 0.6) is 0 Å². The molecule has 0 amide bonds. The third-order valence-corrected chi connectivity index (χ3v) is 8.44. The van der Waals surface area contributed by atoms with Crippen LogP contribution in [0.1, 0.15) is 20.8 Å². The van der Waals surface area contributed by atoms with E-state index in [0.717, 1.165) is 11.1 Å². The summed E-state index contributed by atoms with van der Waals surface area (Å²) in [5.74, 6) is -0.123. The zero-order chi connectivity index (χ0) is 24.4. The van der Waals surface area contributed by atoms with Crippen LogP contribution in [0, 0.1) is 0 Å². The van der Waals surface area contributed by atoms with Crippen molar-refractivity contribution in [3.8, 4) is 11.3 Å². The number of carbonyl (C=O) groups is 1. The number of aryl methyl sites for hydroxylation is 1. The van der Waals surface area contributed by atoms with Gasteiger partial charge in [-0.1, -0.05) is 48.5 Å². The number of hydrogen-bond donors (Lipinski definition) is 0. The van der Waals surface area contributed by atoms with Crippen molar-refractivity contribution in [2.45, 2.75) is 6.42 Å². The van der Waals surface area contributed by atoms with E-state index in [1.54, 1.807) is 48.1 Å². The van der Waals surface area contributed by atoms with Gasteiger partial charge in [-0.25, -0.2) is 17.9 Å². The Balaban J connectivity index is 1.44. The van der Waals surface area contributed by atoms with E-state index >= 15 is 0 Å². The molecular weight excluding hydrogens is 480 g/mol. The van der Waals surface area contributed by atoms with Gasteiger partial charge in [0.25, 0.3) is 0 Å². The Bertz CT molecular complexity index is 1590. The number of fused-ring (bicyclic) bond motifs is 1. The lowest BCUT2D eigenvalue weighted by Crippen LogP contribution is -2.29. The van der Waals surface area contributed by atoms with Crippen LogP contribution >= 0.6 is 11.3 Å². The summed E-state index contributed by atoms with van der Waals surface area (Å²) in [5, 5.41) is 6.27. The second-order valence-electron chi connectivity index (χ2n) is 8.00. The van der Waals surface area contributed by atoms with E-state index in [9.17, 15) is 13.2 Å². The van der Waals surface area contributed by atoms with Crippen molar-refractivity contribution < 1.29 is 13.2 Å². The van der Waals surface area contributed by atoms with E-state index in [-0.39, 0.29) is 11.5 Å². The summed E-state index contributed by atoms with van der Waals surface area (Å²) in [4.78, 5) is 17.9. The fraction of sp³-hybridized carbons (Fsp3) is 0.115. The van der Waals surface area contributed by atoms with Gasteiger partial charge in [-0.15, -0.1) is 11.3 Å². The molecule has 0 unspecified atom stereocenters. The monoisotopic (exact) mass is 502 g/mol. The molecule has 0 aliphatic rings.